The second-order valence-corrected chi connectivity index (χ2v) is 8.91. The van der Waals surface area contributed by atoms with Gasteiger partial charge < -0.3 is 15.2 Å². The quantitative estimate of drug-likeness (QED) is 0.261. The van der Waals surface area contributed by atoms with Gasteiger partial charge in [0.25, 0.3) is 0 Å². The zero-order chi connectivity index (χ0) is 23.2. The van der Waals surface area contributed by atoms with Crippen molar-refractivity contribution in [3.63, 3.8) is 0 Å². The first kappa shape index (κ1) is 22.7. The first-order valence-electron chi connectivity index (χ1n) is 9.90. The summed E-state index contributed by atoms with van der Waals surface area (Å²) in [7, 11) is 1.57. The van der Waals surface area contributed by atoms with Crippen molar-refractivity contribution in [3.8, 4) is 11.5 Å². The Balaban J connectivity index is 1.44. The van der Waals surface area contributed by atoms with Gasteiger partial charge in [0.2, 0.25) is 11.0 Å². The Morgan fingerprint density at radius 2 is 2.03 bits per heavy atom. The standard InChI is InChI=1S/C23H20BrN5O3S/c1-31-19-10-14(12-26-27-20(30)11-21-28-29-23(25)33-21)9-18(24)22(19)32-13-16-7-4-6-15-5-2-3-8-17(15)16/h2-10,12H,11,13H2,1H3,(H2,25,29)(H,27,30)/b26-12-. The van der Waals surface area contributed by atoms with Crippen LogP contribution in [0.5, 0.6) is 11.5 Å². The summed E-state index contributed by atoms with van der Waals surface area (Å²) in [5, 5.41) is 14.6. The second kappa shape index (κ2) is 10.4. The van der Waals surface area contributed by atoms with Crippen molar-refractivity contribution in [2.75, 3.05) is 12.8 Å². The number of nitrogen functional groups attached to an aromatic ring is 1. The minimum atomic E-state index is -0.316. The van der Waals surface area contributed by atoms with E-state index in [1.165, 1.54) is 6.21 Å². The molecule has 4 aromatic rings. The Hall–Kier alpha value is -3.50. The molecule has 1 aromatic heterocycles. The smallest absolute Gasteiger partial charge is 0.247 e. The lowest BCUT2D eigenvalue weighted by Gasteiger charge is -2.14. The summed E-state index contributed by atoms with van der Waals surface area (Å²) in [4.78, 5) is 12.0. The SMILES string of the molecule is COc1cc(/C=N\NC(=O)Cc2nnc(N)s2)cc(Br)c1OCc1cccc2ccccc12. The third-order valence-electron chi connectivity index (χ3n) is 4.70. The average Bonchev–Trinajstić information content (AvgIpc) is 3.22. The van der Waals surface area contributed by atoms with Crippen molar-refractivity contribution >= 4 is 55.3 Å². The number of carbonyl (C=O) groups is 1. The zero-order valence-corrected chi connectivity index (χ0v) is 20.0. The van der Waals surface area contributed by atoms with Crippen LogP contribution in [-0.2, 0) is 17.8 Å². The van der Waals surface area contributed by atoms with E-state index in [4.69, 9.17) is 15.2 Å². The molecule has 0 bridgehead atoms. The van der Waals surface area contributed by atoms with Crippen LogP contribution in [0.15, 0.2) is 64.2 Å². The van der Waals surface area contributed by atoms with E-state index in [1.807, 2.05) is 30.3 Å². The summed E-state index contributed by atoms with van der Waals surface area (Å²) >= 11 is 4.71. The summed E-state index contributed by atoms with van der Waals surface area (Å²) in [6, 6.07) is 17.9. The van der Waals surface area contributed by atoms with Crippen LogP contribution in [0.2, 0.25) is 0 Å². The minimum Gasteiger partial charge on any atom is -0.493 e. The number of nitrogens with zero attached hydrogens (tertiary/aromatic N) is 3. The number of rotatable bonds is 8. The first-order valence-corrected chi connectivity index (χ1v) is 11.5. The largest absolute Gasteiger partial charge is 0.493 e. The summed E-state index contributed by atoms with van der Waals surface area (Å²) in [5.41, 5.74) is 9.78. The number of hydrazone groups is 1. The fourth-order valence-electron chi connectivity index (χ4n) is 3.22. The number of amides is 1. The molecule has 0 aliphatic heterocycles. The molecule has 10 heteroatoms. The molecular weight excluding hydrogens is 506 g/mol. The molecule has 33 heavy (non-hydrogen) atoms. The fourth-order valence-corrected chi connectivity index (χ4v) is 4.40. The molecule has 168 valence electrons. The van der Waals surface area contributed by atoms with Crippen molar-refractivity contribution in [1.82, 2.24) is 15.6 Å². The molecule has 0 fully saturated rings. The fraction of sp³-hybridized carbons (Fsp3) is 0.130. The average molecular weight is 526 g/mol. The Kier molecular flexibility index (Phi) is 7.16. The summed E-state index contributed by atoms with van der Waals surface area (Å²) in [6.07, 6.45) is 1.58. The van der Waals surface area contributed by atoms with Gasteiger partial charge in [0.05, 0.1) is 24.2 Å². The molecule has 0 saturated carbocycles. The predicted molar refractivity (Wildman–Crippen MR) is 133 cm³/mol. The molecule has 0 unspecified atom stereocenters. The number of benzene rings is 3. The number of carbonyl (C=O) groups excluding carboxylic acids is 1. The molecule has 0 saturated heterocycles. The molecule has 0 aliphatic rings. The van der Waals surface area contributed by atoms with Crippen LogP contribution in [0.1, 0.15) is 16.1 Å². The van der Waals surface area contributed by atoms with Gasteiger partial charge >= 0.3 is 0 Å². The van der Waals surface area contributed by atoms with Crippen LogP contribution in [0.3, 0.4) is 0 Å². The number of methoxy groups -OCH3 is 1. The van der Waals surface area contributed by atoms with Crippen LogP contribution in [-0.4, -0.2) is 29.4 Å². The predicted octanol–water partition coefficient (Wildman–Crippen LogP) is 4.32. The van der Waals surface area contributed by atoms with Crippen molar-refractivity contribution in [2.45, 2.75) is 13.0 Å². The highest BCUT2D eigenvalue weighted by molar-refractivity contribution is 9.10. The number of anilines is 1. The number of hydrogen-bond acceptors (Lipinski definition) is 8. The molecule has 3 N–H and O–H groups in total. The van der Waals surface area contributed by atoms with E-state index in [2.05, 4.69) is 54.9 Å². The molecular formula is C23H20BrN5O3S. The Morgan fingerprint density at radius 3 is 2.82 bits per heavy atom. The van der Waals surface area contributed by atoms with Crippen molar-refractivity contribution < 1.29 is 14.3 Å². The molecule has 0 atom stereocenters. The van der Waals surface area contributed by atoms with Gasteiger partial charge in [-0.3, -0.25) is 4.79 Å². The van der Waals surface area contributed by atoms with Crippen LogP contribution < -0.4 is 20.6 Å². The number of ether oxygens (including phenoxy) is 2. The van der Waals surface area contributed by atoms with Gasteiger partial charge in [-0.2, -0.15) is 5.10 Å². The topological polar surface area (TPSA) is 112 Å². The van der Waals surface area contributed by atoms with E-state index in [0.717, 1.165) is 33.2 Å². The van der Waals surface area contributed by atoms with Crippen molar-refractivity contribution in [1.29, 1.82) is 0 Å². The maximum Gasteiger partial charge on any atom is 0.247 e. The van der Waals surface area contributed by atoms with Crippen molar-refractivity contribution in [3.05, 3.63) is 75.2 Å². The lowest BCUT2D eigenvalue weighted by atomic mass is 10.1. The van der Waals surface area contributed by atoms with Crippen LogP contribution in [0.25, 0.3) is 10.8 Å². The van der Waals surface area contributed by atoms with Gasteiger partial charge in [0.15, 0.2) is 11.5 Å². The van der Waals surface area contributed by atoms with E-state index in [0.29, 0.717) is 32.7 Å². The number of hydrogen-bond donors (Lipinski definition) is 2. The lowest BCUT2D eigenvalue weighted by Crippen LogP contribution is -2.19. The second-order valence-electron chi connectivity index (χ2n) is 6.97. The molecule has 1 amide bonds. The van der Waals surface area contributed by atoms with E-state index < -0.39 is 0 Å². The maximum absolute atomic E-state index is 12.0. The van der Waals surface area contributed by atoms with Gasteiger partial charge in [-0.05, 0) is 50.0 Å². The van der Waals surface area contributed by atoms with Gasteiger partial charge in [-0.15, -0.1) is 10.2 Å². The third kappa shape index (κ3) is 5.65. The zero-order valence-electron chi connectivity index (χ0n) is 17.6. The Bertz CT molecular complexity index is 1320. The molecule has 0 aliphatic carbocycles. The molecule has 0 radical (unpaired) electrons. The molecule has 1 heterocycles. The van der Waals surface area contributed by atoms with Gasteiger partial charge in [-0.1, -0.05) is 53.8 Å². The molecule has 3 aromatic carbocycles. The number of fused-ring (bicyclic) bond motifs is 1. The van der Waals surface area contributed by atoms with Gasteiger partial charge in [0, 0.05) is 0 Å². The minimum absolute atomic E-state index is 0.0557. The van der Waals surface area contributed by atoms with Crippen molar-refractivity contribution in [2.24, 2.45) is 5.10 Å². The lowest BCUT2D eigenvalue weighted by molar-refractivity contribution is -0.120. The van der Waals surface area contributed by atoms with Gasteiger partial charge in [-0.25, -0.2) is 5.43 Å². The summed E-state index contributed by atoms with van der Waals surface area (Å²) < 4.78 is 12.3. The van der Waals surface area contributed by atoms with E-state index in [-0.39, 0.29) is 12.3 Å². The van der Waals surface area contributed by atoms with E-state index in [9.17, 15) is 4.79 Å². The highest BCUT2D eigenvalue weighted by Gasteiger charge is 2.13. The monoisotopic (exact) mass is 525 g/mol. The number of nitrogens with two attached hydrogens (primary N) is 1. The maximum atomic E-state index is 12.0. The Labute approximate surface area is 202 Å². The number of aromatic nitrogens is 2. The van der Waals surface area contributed by atoms with Crippen LogP contribution in [0.4, 0.5) is 5.13 Å². The van der Waals surface area contributed by atoms with Crippen LogP contribution in [0, 0.1) is 0 Å². The summed E-state index contributed by atoms with van der Waals surface area (Å²) in [5.74, 6) is 0.811. The number of nitrogens with one attached hydrogen (secondary N) is 1. The third-order valence-corrected chi connectivity index (χ3v) is 6.04. The summed E-state index contributed by atoms with van der Waals surface area (Å²) in [6.45, 7) is 0.385. The number of halogens is 1. The molecule has 4 rings (SSSR count). The van der Waals surface area contributed by atoms with E-state index in [1.54, 1.807) is 13.2 Å². The normalized spacial score (nSPS) is 11.1. The molecule has 8 nitrogen and oxygen atoms in total. The van der Waals surface area contributed by atoms with Crippen LogP contribution >= 0.6 is 27.3 Å². The Morgan fingerprint density at radius 1 is 1.21 bits per heavy atom. The van der Waals surface area contributed by atoms with E-state index >= 15 is 0 Å². The highest BCUT2D eigenvalue weighted by Crippen LogP contribution is 2.37. The first-order chi connectivity index (χ1) is 16.0. The highest BCUT2D eigenvalue weighted by atomic mass is 79.9. The van der Waals surface area contributed by atoms with Gasteiger partial charge in [0.1, 0.15) is 11.6 Å². The molecule has 0 spiro atoms.